The van der Waals surface area contributed by atoms with Crippen LogP contribution in [0, 0.1) is 0 Å². The maximum absolute atomic E-state index is 12.8. The minimum atomic E-state index is -1.18. The molecule has 0 aliphatic carbocycles. The molecule has 2 heterocycles. The highest BCUT2D eigenvalue weighted by molar-refractivity contribution is 5.95. The number of carboxylic acid groups (broad SMARTS) is 1. The lowest BCUT2D eigenvalue weighted by atomic mass is 10.0. The third-order valence-electron chi connectivity index (χ3n) is 4.21. The summed E-state index contributed by atoms with van der Waals surface area (Å²) in [7, 11) is 0. The lowest BCUT2D eigenvalue weighted by Crippen LogP contribution is -2.53. The molecule has 0 bridgehead atoms. The molecule has 0 radical (unpaired) electrons. The molecule has 3 atom stereocenters. The van der Waals surface area contributed by atoms with Gasteiger partial charge >= 0.3 is 5.97 Å². The second-order valence-corrected chi connectivity index (χ2v) is 6.00. The molecule has 2 amide bonds. The van der Waals surface area contributed by atoms with Gasteiger partial charge < -0.3 is 24.8 Å². The molecule has 0 aromatic heterocycles. The second kappa shape index (κ2) is 7.62. The van der Waals surface area contributed by atoms with E-state index < -0.39 is 30.1 Å². The first-order valence-electron chi connectivity index (χ1n) is 8.15. The summed E-state index contributed by atoms with van der Waals surface area (Å²) in [5.41, 5.74) is 0.904. The van der Waals surface area contributed by atoms with Gasteiger partial charge in [0.1, 0.15) is 6.04 Å². The number of amides is 2. The van der Waals surface area contributed by atoms with Gasteiger partial charge in [-0.05, 0) is 5.56 Å². The van der Waals surface area contributed by atoms with Crippen molar-refractivity contribution in [1.82, 2.24) is 10.2 Å². The number of aliphatic carboxylic acids is 1. The van der Waals surface area contributed by atoms with Gasteiger partial charge in [0.15, 0.2) is 12.2 Å². The molecule has 2 saturated heterocycles. The third-order valence-corrected chi connectivity index (χ3v) is 4.21. The Bertz CT molecular complexity index is 644. The van der Waals surface area contributed by atoms with E-state index >= 15 is 0 Å². The van der Waals surface area contributed by atoms with Gasteiger partial charge in [0.25, 0.3) is 5.91 Å². The van der Waals surface area contributed by atoms with Crippen LogP contribution in [-0.4, -0.2) is 72.3 Å². The van der Waals surface area contributed by atoms with Crippen LogP contribution in [0.4, 0.5) is 0 Å². The van der Waals surface area contributed by atoms with Crippen LogP contribution in [0.1, 0.15) is 5.56 Å². The Morgan fingerprint density at radius 2 is 1.84 bits per heavy atom. The van der Waals surface area contributed by atoms with Gasteiger partial charge in [-0.2, -0.15) is 0 Å². The Morgan fingerprint density at radius 3 is 2.44 bits per heavy atom. The number of benzene rings is 1. The fourth-order valence-electron chi connectivity index (χ4n) is 2.81. The van der Waals surface area contributed by atoms with E-state index in [4.69, 9.17) is 14.6 Å². The minimum Gasteiger partial charge on any atom is -0.479 e. The van der Waals surface area contributed by atoms with Crippen LogP contribution < -0.4 is 5.32 Å². The van der Waals surface area contributed by atoms with Crippen LogP contribution in [0.3, 0.4) is 0 Å². The fraction of sp³-hybridized carbons (Fsp3) is 0.471. The standard InChI is InChI=1S/C17H20N2O6/c20-15(13-14(25-13)17(22)23)18-12(10-11-4-2-1-3-5-11)16(21)19-6-8-24-9-7-19/h1-5,12-14H,6-10H2,(H,18,20)(H,22,23)/t12-,13-,14-/m0/s1. The summed E-state index contributed by atoms with van der Waals surface area (Å²) < 4.78 is 10.1. The highest BCUT2D eigenvalue weighted by Gasteiger charge is 2.51. The number of carbonyl (C=O) groups is 3. The quantitative estimate of drug-likeness (QED) is 0.666. The number of nitrogens with one attached hydrogen (secondary N) is 1. The van der Waals surface area contributed by atoms with Gasteiger partial charge in [0.05, 0.1) is 13.2 Å². The van der Waals surface area contributed by atoms with Crippen molar-refractivity contribution in [2.75, 3.05) is 26.3 Å². The van der Waals surface area contributed by atoms with Gasteiger partial charge in [-0.15, -0.1) is 0 Å². The molecule has 2 aliphatic heterocycles. The van der Waals surface area contributed by atoms with Crippen LogP contribution in [0.25, 0.3) is 0 Å². The molecular formula is C17H20N2O6. The molecule has 2 fully saturated rings. The first kappa shape index (κ1) is 17.4. The van der Waals surface area contributed by atoms with Crippen molar-refractivity contribution in [2.45, 2.75) is 24.7 Å². The number of nitrogens with zero attached hydrogens (tertiary/aromatic N) is 1. The van der Waals surface area contributed by atoms with E-state index in [9.17, 15) is 14.4 Å². The van der Waals surface area contributed by atoms with Crippen LogP contribution in [0.2, 0.25) is 0 Å². The molecule has 2 N–H and O–H groups in total. The number of carboxylic acids is 1. The average molecular weight is 348 g/mol. The molecule has 2 aliphatic rings. The summed E-state index contributed by atoms with van der Waals surface area (Å²) >= 11 is 0. The van der Waals surface area contributed by atoms with Gasteiger partial charge in [-0.3, -0.25) is 9.59 Å². The highest BCUT2D eigenvalue weighted by Crippen LogP contribution is 2.22. The van der Waals surface area contributed by atoms with Crippen LogP contribution in [0.5, 0.6) is 0 Å². The minimum absolute atomic E-state index is 0.201. The lowest BCUT2D eigenvalue weighted by Gasteiger charge is -2.30. The molecule has 1 aromatic carbocycles. The van der Waals surface area contributed by atoms with E-state index in [0.29, 0.717) is 32.7 Å². The van der Waals surface area contributed by atoms with E-state index in [-0.39, 0.29) is 5.91 Å². The molecular weight excluding hydrogens is 328 g/mol. The molecule has 0 saturated carbocycles. The molecule has 0 spiro atoms. The van der Waals surface area contributed by atoms with Crippen molar-refractivity contribution < 1.29 is 29.0 Å². The van der Waals surface area contributed by atoms with Gasteiger partial charge in [-0.25, -0.2) is 4.79 Å². The van der Waals surface area contributed by atoms with Crippen LogP contribution in [0.15, 0.2) is 30.3 Å². The Hall–Kier alpha value is -2.45. The van der Waals surface area contributed by atoms with Crippen molar-refractivity contribution in [3.63, 3.8) is 0 Å². The molecule has 8 nitrogen and oxygen atoms in total. The van der Waals surface area contributed by atoms with Crippen molar-refractivity contribution in [3.05, 3.63) is 35.9 Å². The average Bonchev–Trinajstić information content (AvgIpc) is 3.43. The Labute approximate surface area is 144 Å². The first-order chi connectivity index (χ1) is 12.1. The molecule has 134 valence electrons. The van der Waals surface area contributed by atoms with Crippen molar-refractivity contribution in [3.8, 4) is 0 Å². The smallest absolute Gasteiger partial charge is 0.336 e. The number of hydrogen-bond donors (Lipinski definition) is 2. The van der Waals surface area contributed by atoms with Crippen molar-refractivity contribution in [1.29, 1.82) is 0 Å². The van der Waals surface area contributed by atoms with E-state index in [2.05, 4.69) is 5.32 Å². The summed E-state index contributed by atoms with van der Waals surface area (Å²) in [6.07, 6.45) is -1.84. The molecule has 3 rings (SSSR count). The summed E-state index contributed by atoms with van der Waals surface area (Å²) in [6, 6.07) is 8.57. The Kier molecular flexibility index (Phi) is 5.30. The zero-order valence-corrected chi connectivity index (χ0v) is 13.6. The van der Waals surface area contributed by atoms with Crippen molar-refractivity contribution >= 4 is 17.8 Å². The van der Waals surface area contributed by atoms with E-state index in [1.54, 1.807) is 4.90 Å². The Balaban J connectivity index is 1.68. The SMILES string of the molecule is O=C(O)[C@H]1O[C@@H]1C(=O)N[C@@H](Cc1ccccc1)C(=O)N1CCOCC1. The summed E-state index contributed by atoms with van der Waals surface area (Å²) in [6.45, 7) is 1.87. The van der Waals surface area contributed by atoms with E-state index in [1.165, 1.54) is 0 Å². The number of carbonyl (C=O) groups excluding carboxylic acids is 2. The normalized spacial score (nSPS) is 23.6. The number of rotatable bonds is 6. The van der Waals surface area contributed by atoms with Gasteiger partial charge in [0, 0.05) is 19.5 Å². The first-order valence-corrected chi connectivity index (χ1v) is 8.15. The lowest BCUT2D eigenvalue weighted by molar-refractivity contribution is -0.140. The maximum Gasteiger partial charge on any atom is 0.336 e. The summed E-state index contributed by atoms with van der Waals surface area (Å²) in [4.78, 5) is 37.5. The third kappa shape index (κ3) is 4.34. The monoisotopic (exact) mass is 348 g/mol. The van der Waals surface area contributed by atoms with Crippen LogP contribution >= 0.6 is 0 Å². The van der Waals surface area contributed by atoms with Gasteiger partial charge in [-0.1, -0.05) is 30.3 Å². The predicted molar refractivity (Wildman–Crippen MR) is 85.8 cm³/mol. The zero-order valence-electron chi connectivity index (χ0n) is 13.6. The topological polar surface area (TPSA) is 108 Å². The fourth-order valence-corrected chi connectivity index (χ4v) is 2.81. The number of epoxide rings is 1. The number of ether oxygens (including phenoxy) is 2. The van der Waals surface area contributed by atoms with E-state index in [0.717, 1.165) is 5.56 Å². The number of morpholine rings is 1. The van der Waals surface area contributed by atoms with E-state index in [1.807, 2.05) is 30.3 Å². The maximum atomic E-state index is 12.8. The largest absolute Gasteiger partial charge is 0.479 e. The molecule has 25 heavy (non-hydrogen) atoms. The predicted octanol–water partition coefficient (Wildman–Crippen LogP) is -0.575. The number of hydrogen-bond acceptors (Lipinski definition) is 5. The highest BCUT2D eigenvalue weighted by atomic mass is 16.6. The van der Waals surface area contributed by atoms with Crippen molar-refractivity contribution in [2.24, 2.45) is 0 Å². The molecule has 8 heteroatoms. The summed E-state index contributed by atoms with van der Waals surface area (Å²) in [5.74, 6) is -1.96. The van der Waals surface area contributed by atoms with Gasteiger partial charge in [0.2, 0.25) is 5.91 Å². The summed E-state index contributed by atoms with van der Waals surface area (Å²) in [5, 5.41) is 11.5. The second-order valence-electron chi connectivity index (χ2n) is 6.00. The molecule has 0 unspecified atom stereocenters. The Morgan fingerprint density at radius 1 is 1.16 bits per heavy atom. The van der Waals surface area contributed by atoms with Crippen LogP contribution in [-0.2, 0) is 30.3 Å². The zero-order chi connectivity index (χ0) is 17.8. The molecule has 1 aromatic rings.